The number of esters is 2. The number of piperazine rings is 1. The number of methoxy groups -OCH3 is 1. The third kappa shape index (κ3) is 4.79. The first kappa shape index (κ1) is 22.5. The van der Waals surface area contributed by atoms with Crippen LogP contribution >= 0.6 is 11.3 Å². The van der Waals surface area contributed by atoms with Gasteiger partial charge in [-0.2, -0.15) is 0 Å². The number of hydrogen-bond donors (Lipinski definition) is 1. The molecule has 0 radical (unpaired) electrons. The summed E-state index contributed by atoms with van der Waals surface area (Å²) in [7, 11) is 1.28. The highest BCUT2D eigenvalue weighted by atomic mass is 32.1. The van der Waals surface area contributed by atoms with Crippen LogP contribution in [0.1, 0.15) is 48.7 Å². The number of nitrogens with one attached hydrogen (secondary N) is 1. The molecule has 0 unspecified atom stereocenters. The summed E-state index contributed by atoms with van der Waals surface area (Å²) in [6, 6.07) is 3.61. The molecule has 3 heterocycles. The maximum atomic E-state index is 12.5. The molecule has 1 aliphatic heterocycles. The van der Waals surface area contributed by atoms with E-state index < -0.39 is 18.5 Å². The lowest BCUT2D eigenvalue weighted by molar-refractivity contribution is -0.136. The number of carbonyl (C=O) groups excluding carboxylic acids is 4. The van der Waals surface area contributed by atoms with Gasteiger partial charge in [0, 0.05) is 31.9 Å². The van der Waals surface area contributed by atoms with Crippen molar-refractivity contribution in [1.29, 1.82) is 0 Å². The maximum absolute atomic E-state index is 12.5. The predicted molar refractivity (Wildman–Crippen MR) is 113 cm³/mol. The van der Waals surface area contributed by atoms with Gasteiger partial charge in [-0.05, 0) is 30.4 Å². The minimum Gasteiger partial charge on any atom is -0.465 e. The van der Waals surface area contributed by atoms with E-state index in [1.54, 1.807) is 22.8 Å². The zero-order chi connectivity index (χ0) is 22.5. The summed E-state index contributed by atoms with van der Waals surface area (Å²) >= 11 is 1.39. The molecule has 1 aliphatic rings. The smallest absolute Gasteiger partial charge is 0.355 e. The molecule has 0 aliphatic carbocycles. The molecule has 0 aromatic carbocycles. The second-order valence-electron chi connectivity index (χ2n) is 7.05. The van der Waals surface area contributed by atoms with E-state index in [1.165, 1.54) is 18.4 Å². The van der Waals surface area contributed by atoms with Gasteiger partial charge >= 0.3 is 11.9 Å². The Balaban J connectivity index is 1.54. The molecule has 0 saturated carbocycles. The second kappa shape index (κ2) is 9.78. The van der Waals surface area contributed by atoms with E-state index in [-0.39, 0.29) is 17.5 Å². The number of aromatic nitrogens is 1. The Bertz CT molecular complexity index is 974. The highest BCUT2D eigenvalue weighted by Crippen LogP contribution is 2.21. The normalized spacial score (nSPS) is 13.8. The van der Waals surface area contributed by atoms with Crippen LogP contribution in [0, 0.1) is 6.92 Å². The summed E-state index contributed by atoms with van der Waals surface area (Å²) in [6.07, 6.45) is 0.506. The molecule has 166 valence electrons. The summed E-state index contributed by atoms with van der Waals surface area (Å²) in [5.74, 6) is -1.61. The predicted octanol–water partition coefficient (Wildman–Crippen LogP) is 1.88. The lowest BCUT2D eigenvalue weighted by Crippen LogP contribution is -2.51. The van der Waals surface area contributed by atoms with E-state index in [0.717, 1.165) is 0 Å². The summed E-state index contributed by atoms with van der Waals surface area (Å²) in [4.78, 5) is 56.2. The number of thiophene rings is 1. The largest absolute Gasteiger partial charge is 0.465 e. The Morgan fingerprint density at radius 2 is 1.77 bits per heavy atom. The van der Waals surface area contributed by atoms with E-state index in [9.17, 15) is 19.2 Å². The van der Waals surface area contributed by atoms with Crippen molar-refractivity contribution in [3.8, 4) is 0 Å². The van der Waals surface area contributed by atoms with Crippen molar-refractivity contribution < 1.29 is 28.7 Å². The molecule has 31 heavy (non-hydrogen) atoms. The third-order valence-corrected chi connectivity index (χ3v) is 6.11. The van der Waals surface area contributed by atoms with Crippen LogP contribution < -0.4 is 0 Å². The van der Waals surface area contributed by atoms with Gasteiger partial charge in [-0.1, -0.05) is 13.0 Å². The van der Waals surface area contributed by atoms with E-state index in [2.05, 4.69) is 4.98 Å². The maximum Gasteiger partial charge on any atom is 0.355 e. The summed E-state index contributed by atoms with van der Waals surface area (Å²) in [5, 5.41) is 1.85. The summed E-state index contributed by atoms with van der Waals surface area (Å²) in [6.45, 7) is 4.67. The van der Waals surface area contributed by atoms with Crippen molar-refractivity contribution in [2.45, 2.75) is 20.3 Å². The third-order valence-electron chi connectivity index (χ3n) is 5.25. The van der Waals surface area contributed by atoms with Crippen LogP contribution in [0.3, 0.4) is 0 Å². The Hall–Kier alpha value is -3.14. The molecule has 10 heteroatoms. The molecule has 3 rings (SSSR count). The molecule has 2 amide bonds. The molecule has 0 spiro atoms. The van der Waals surface area contributed by atoms with Gasteiger partial charge in [-0.3, -0.25) is 9.59 Å². The zero-order valence-corrected chi connectivity index (χ0v) is 18.5. The van der Waals surface area contributed by atoms with E-state index >= 15 is 0 Å². The Morgan fingerprint density at radius 1 is 1.10 bits per heavy atom. The van der Waals surface area contributed by atoms with Gasteiger partial charge < -0.3 is 24.3 Å². The molecule has 2 aromatic heterocycles. The summed E-state index contributed by atoms with van der Waals surface area (Å²) < 4.78 is 9.97. The fourth-order valence-corrected chi connectivity index (χ4v) is 4.20. The van der Waals surface area contributed by atoms with Crippen molar-refractivity contribution in [3.05, 3.63) is 44.9 Å². The van der Waals surface area contributed by atoms with Crippen LogP contribution in [0.25, 0.3) is 0 Å². The number of amides is 2. The molecule has 9 nitrogen and oxygen atoms in total. The van der Waals surface area contributed by atoms with Gasteiger partial charge in [0.25, 0.3) is 11.8 Å². The monoisotopic (exact) mass is 447 g/mol. The molecule has 1 N–H and O–H groups in total. The highest BCUT2D eigenvalue weighted by Gasteiger charge is 2.28. The van der Waals surface area contributed by atoms with E-state index in [0.29, 0.717) is 54.3 Å². The number of H-pyrrole nitrogens is 1. The first-order valence-electron chi connectivity index (χ1n) is 9.94. The number of ether oxygens (including phenoxy) is 2. The van der Waals surface area contributed by atoms with Crippen molar-refractivity contribution in [1.82, 2.24) is 14.8 Å². The molecule has 0 atom stereocenters. The number of rotatable bonds is 6. The van der Waals surface area contributed by atoms with Crippen LogP contribution in [-0.2, 0) is 20.7 Å². The van der Waals surface area contributed by atoms with E-state index in [1.807, 2.05) is 18.4 Å². The fraction of sp³-hybridized carbons (Fsp3) is 0.429. The molecule has 0 bridgehead atoms. The van der Waals surface area contributed by atoms with Crippen LogP contribution in [0.15, 0.2) is 17.5 Å². The van der Waals surface area contributed by atoms with Crippen LogP contribution in [-0.4, -0.2) is 78.4 Å². The standard InChI is InChI=1S/C21H25N3O6S/c1-4-14-17(20(27)29-3)13(2)18(22-14)21(28)30-12-16(25)23-7-9-24(10-8-23)19(26)15-6-5-11-31-15/h5-6,11,22H,4,7-10,12H2,1-3H3. The minimum absolute atomic E-state index is 0.0381. The molecular formula is C21H25N3O6S. The number of carbonyl (C=O) groups is 4. The highest BCUT2D eigenvalue weighted by molar-refractivity contribution is 7.12. The summed E-state index contributed by atoms with van der Waals surface area (Å²) in [5.41, 5.74) is 1.46. The van der Waals surface area contributed by atoms with Gasteiger partial charge in [0.2, 0.25) is 0 Å². The average Bonchev–Trinajstić information content (AvgIpc) is 3.44. The van der Waals surface area contributed by atoms with Crippen molar-refractivity contribution in [3.63, 3.8) is 0 Å². The minimum atomic E-state index is -0.706. The van der Waals surface area contributed by atoms with Crippen molar-refractivity contribution in [2.24, 2.45) is 0 Å². The van der Waals surface area contributed by atoms with Crippen molar-refractivity contribution >= 4 is 35.1 Å². The van der Waals surface area contributed by atoms with Crippen LogP contribution in [0.2, 0.25) is 0 Å². The number of nitrogens with zero attached hydrogens (tertiary/aromatic N) is 2. The Labute approximate surface area is 183 Å². The van der Waals surface area contributed by atoms with Crippen LogP contribution in [0.5, 0.6) is 0 Å². The molecule has 1 saturated heterocycles. The van der Waals surface area contributed by atoms with Crippen LogP contribution in [0.4, 0.5) is 0 Å². The molecule has 1 fully saturated rings. The topological polar surface area (TPSA) is 109 Å². The zero-order valence-electron chi connectivity index (χ0n) is 17.7. The van der Waals surface area contributed by atoms with Gasteiger partial charge in [0.1, 0.15) is 5.69 Å². The van der Waals surface area contributed by atoms with Gasteiger partial charge in [-0.15, -0.1) is 11.3 Å². The van der Waals surface area contributed by atoms with Crippen molar-refractivity contribution in [2.75, 3.05) is 39.9 Å². The fourth-order valence-electron chi connectivity index (χ4n) is 3.51. The molecular weight excluding hydrogens is 422 g/mol. The van der Waals surface area contributed by atoms with Gasteiger partial charge in [0.05, 0.1) is 17.6 Å². The number of aryl methyl sites for hydroxylation is 1. The number of hydrogen-bond acceptors (Lipinski definition) is 7. The van der Waals surface area contributed by atoms with Gasteiger partial charge in [0.15, 0.2) is 6.61 Å². The lowest BCUT2D eigenvalue weighted by Gasteiger charge is -2.34. The SMILES string of the molecule is CCc1[nH]c(C(=O)OCC(=O)N2CCN(C(=O)c3cccs3)CC2)c(C)c1C(=O)OC. The average molecular weight is 448 g/mol. The van der Waals surface area contributed by atoms with E-state index in [4.69, 9.17) is 9.47 Å². The van der Waals surface area contributed by atoms with Gasteiger partial charge in [-0.25, -0.2) is 9.59 Å². The first-order valence-corrected chi connectivity index (χ1v) is 10.8. The lowest BCUT2D eigenvalue weighted by atomic mass is 10.1. The Kier molecular flexibility index (Phi) is 7.11. The quantitative estimate of drug-likeness (QED) is 0.677. The Morgan fingerprint density at radius 3 is 2.35 bits per heavy atom. The number of aromatic amines is 1. The molecule has 2 aromatic rings. The second-order valence-corrected chi connectivity index (χ2v) is 8.00. The first-order chi connectivity index (χ1) is 14.9.